The van der Waals surface area contributed by atoms with Crippen LogP contribution in [0.5, 0.6) is 5.75 Å². The molecule has 0 aromatic heterocycles. The maximum atomic E-state index is 10.6. The maximum Gasteiger partial charge on any atom is 0.119 e. The van der Waals surface area contributed by atoms with Crippen LogP contribution in [0.4, 0.5) is 0 Å². The molecule has 1 unspecified atom stereocenters. The summed E-state index contributed by atoms with van der Waals surface area (Å²) < 4.78 is 10.6. The highest BCUT2D eigenvalue weighted by Crippen LogP contribution is 2.24. The molecule has 0 bridgehead atoms. The molecule has 1 atom stereocenters. The molecule has 0 saturated carbocycles. The molecule has 0 aliphatic carbocycles. The number of morpholine rings is 1. The zero-order chi connectivity index (χ0) is 14.6. The number of hydrogen-bond donors (Lipinski definition) is 1. The molecule has 20 heavy (non-hydrogen) atoms. The first-order valence-corrected chi connectivity index (χ1v) is 7.18. The molecule has 0 spiro atoms. The van der Waals surface area contributed by atoms with Crippen LogP contribution in [0.15, 0.2) is 24.3 Å². The minimum absolute atomic E-state index is 0.257. The highest BCUT2D eigenvalue weighted by Gasteiger charge is 2.35. The summed E-state index contributed by atoms with van der Waals surface area (Å²) in [6, 6.07) is 7.89. The number of ether oxygens (including phenoxy) is 2. The number of methoxy groups -OCH3 is 1. The molecular formula is C16H25NO3. The smallest absolute Gasteiger partial charge is 0.119 e. The van der Waals surface area contributed by atoms with Crippen molar-refractivity contribution in [2.24, 2.45) is 0 Å². The monoisotopic (exact) mass is 279 g/mol. The third-order valence-corrected chi connectivity index (χ3v) is 4.20. The Kier molecular flexibility index (Phi) is 5.02. The van der Waals surface area contributed by atoms with Crippen LogP contribution in [0.3, 0.4) is 0 Å². The summed E-state index contributed by atoms with van der Waals surface area (Å²) in [4.78, 5) is 2.31. The van der Waals surface area contributed by atoms with Crippen molar-refractivity contribution < 1.29 is 14.6 Å². The summed E-state index contributed by atoms with van der Waals surface area (Å²) in [5.74, 6) is 0.832. The van der Waals surface area contributed by atoms with E-state index in [1.54, 1.807) is 7.11 Å². The Morgan fingerprint density at radius 1 is 1.35 bits per heavy atom. The van der Waals surface area contributed by atoms with E-state index in [0.29, 0.717) is 6.42 Å². The molecule has 1 N–H and O–H groups in total. The topological polar surface area (TPSA) is 41.9 Å². The van der Waals surface area contributed by atoms with Crippen molar-refractivity contribution in [1.82, 2.24) is 4.90 Å². The molecule has 1 aliphatic rings. The molecule has 0 radical (unpaired) electrons. The lowest BCUT2D eigenvalue weighted by atomic mass is 9.89. The second kappa shape index (κ2) is 6.57. The number of hydrogen-bond acceptors (Lipinski definition) is 4. The Bertz CT molecular complexity index is 427. The summed E-state index contributed by atoms with van der Waals surface area (Å²) in [6.07, 6.45) is 0.203. The molecule has 2 rings (SSSR count). The normalized spacial score (nSPS) is 18.8. The van der Waals surface area contributed by atoms with Crippen LogP contribution >= 0.6 is 0 Å². The average molecular weight is 279 g/mol. The minimum Gasteiger partial charge on any atom is -0.497 e. The van der Waals surface area contributed by atoms with Gasteiger partial charge in [0.1, 0.15) is 5.75 Å². The van der Waals surface area contributed by atoms with E-state index < -0.39 is 6.10 Å². The highest BCUT2D eigenvalue weighted by atomic mass is 16.5. The Hall–Kier alpha value is -1.10. The summed E-state index contributed by atoms with van der Waals surface area (Å²) in [5, 5.41) is 10.6. The summed E-state index contributed by atoms with van der Waals surface area (Å²) in [7, 11) is 1.66. The standard InChI is InChI=1S/C16H25NO3/c1-16(2,17-7-9-20-10-8-17)15(18)12-13-5-4-6-14(11-13)19-3/h4-6,11,15,18H,7-10,12H2,1-3H3. The van der Waals surface area contributed by atoms with Gasteiger partial charge in [-0.05, 0) is 31.5 Å². The molecule has 1 heterocycles. The van der Waals surface area contributed by atoms with Gasteiger partial charge in [0.25, 0.3) is 0 Å². The van der Waals surface area contributed by atoms with Crippen LogP contribution in [0.25, 0.3) is 0 Å². The van der Waals surface area contributed by atoms with E-state index in [0.717, 1.165) is 37.6 Å². The van der Waals surface area contributed by atoms with E-state index in [1.165, 1.54) is 0 Å². The van der Waals surface area contributed by atoms with E-state index in [4.69, 9.17) is 9.47 Å². The number of aliphatic hydroxyl groups excluding tert-OH is 1. The number of nitrogens with zero attached hydrogens (tertiary/aromatic N) is 1. The fourth-order valence-electron chi connectivity index (χ4n) is 2.62. The van der Waals surface area contributed by atoms with Crippen LogP contribution in [0.1, 0.15) is 19.4 Å². The van der Waals surface area contributed by atoms with Crippen LogP contribution in [-0.4, -0.2) is 55.1 Å². The first-order chi connectivity index (χ1) is 9.54. The Morgan fingerprint density at radius 3 is 2.70 bits per heavy atom. The predicted octanol–water partition coefficient (Wildman–Crippen LogP) is 1.71. The fraction of sp³-hybridized carbons (Fsp3) is 0.625. The van der Waals surface area contributed by atoms with Gasteiger partial charge in [-0.25, -0.2) is 0 Å². The molecule has 1 aromatic rings. The van der Waals surface area contributed by atoms with Gasteiger partial charge in [-0.3, -0.25) is 4.90 Å². The third kappa shape index (κ3) is 3.51. The zero-order valence-electron chi connectivity index (χ0n) is 12.6. The molecule has 4 heteroatoms. The molecule has 112 valence electrons. The van der Waals surface area contributed by atoms with E-state index >= 15 is 0 Å². The zero-order valence-corrected chi connectivity index (χ0v) is 12.6. The van der Waals surface area contributed by atoms with Crippen molar-refractivity contribution in [3.63, 3.8) is 0 Å². The van der Waals surface area contributed by atoms with Gasteiger partial charge in [0, 0.05) is 25.0 Å². The Labute approximate surface area is 121 Å². The van der Waals surface area contributed by atoms with Gasteiger partial charge in [0.15, 0.2) is 0 Å². The second-order valence-electron chi connectivity index (χ2n) is 5.82. The lowest BCUT2D eigenvalue weighted by Crippen LogP contribution is -2.56. The van der Waals surface area contributed by atoms with E-state index in [-0.39, 0.29) is 5.54 Å². The molecular weight excluding hydrogens is 254 g/mol. The first-order valence-electron chi connectivity index (χ1n) is 7.18. The molecule has 4 nitrogen and oxygen atoms in total. The van der Waals surface area contributed by atoms with Crippen molar-refractivity contribution in [3.8, 4) is 5.75 Å². The van der Waals surface area contributed by atoms with Gasteiger partial charge in [-0.1, -0.05) is 12.1 Å². The van der Waals surface area contributed by atoms with Crippen molar-refractivity contribution in [3.05, 3.63) is 29.8 Å². The van der Waals surface area contributed by atoms with Crippen LogP contribution in [-0.2, 0) is 11.2 Å². The summed E-state index contributed by atoms with van der Waals surface area (Å²) in [5.41, 5.74) is 0.838. The quantitative estimate of drug-likeness (QED) is 0.891. The lowest BCUT2D eigenvalue weighted by molar-refractivity contribution is -0.0612. The van der Waals surface area contributed by atoms with Gasteiger partial charge in [-0.2, -0.15) is 0 Å². The van der Waals surface area contributed by atoms with E-state index in [1.807, 2.05) is 24.3 Å². The molecule has 1 saturated heterocycles. The molecule has 1 aliphatic heterocycles. The van der Waals surface area contributed by atoms with Crippen LogP contribution in [0, 0.1) is 0 Å². The van der Waals surface area contributed by atoms with Gasteiger partial charge < -0.3 is 14.6 Å². The first kappa shape index (κ1) is 15.3. The third-order valence-electron chi connectivity index (χ3n) is 4.20. The number of aliphatic hydroxyl groups is 1. The van der Waals surface area contributed by atoms with E-state index in [9.17, 15) is 5.11 Å². The SMILES string of the molecule is COc1cccc(CC(O)C(C)(C)N2CCOCC2)c1. The summed E-state index contributed by atoms with van der Waals surface area (Å²) >= 11 is 0. The minimum atomic E-state index is -0.423. The highest BCUT2D eigenvalue weighted by molar-refractivity contribution is 5.29. The van der Waals surface area contributed by atoms with Gasteiger partial charge in [-0.15, -0.1) is 0 Å². The Morgan fingerprint density at radius 2 is 2.05 bits per heavy atom. The van der Waals surface area contributed by atoms with Crippen molar-refractivity contribution in [2.75, 3.05) is 33.4 Å². The van der Waals surface area contributed by atoms with Crippen molar-refractivity contribution in [1.29, 1.82) is 0 Å². The predicted molar refractivity (Wildman–Crippen MR) is 79.2 cm³/mol. The van der Waals surface area contributed by atoms with Gasteiger partial charge >= 0.3 is 0 Å². The van der Waals surface area contributed by atoms with Crippen LogP contribution in [0.2, 0.25) is 0 Å². The largest absolute Gasteiger partial charge is 0.497 e. The molecule has 1 fully saturated rings. The van der Waals surface area contributed by atoms with E-state index in [2.05, 4.69) is 18.7 Å². The van der Waals surface area contributed by atoms with Crippen LogP contribution < -0.4 is 4.74 Å². The fourth-order valence-corrected chi connectivity index (χ4v) is 2.62. The number of rotatable bonds is 5. The molecule has 1 aromatic carbocycles. The van der Waals surface area contributed by atoms with Crippen molar-refractivity contribution in [2.45, 2.75) is 31.9 Å². The van der Waals surface area contributed by atoms with Gasteiger partial charge in [0.05, 0.1) is 26.4 Å². The second-order valence-corrected chi connectivity index (χ2v) is 5.82. The number of benzene rings is 1. The average Bonchev–Trinajstić information content (AvgIpc) is 2.48. The van der Waals surface area contributed by atoms with Crippen molar-refractivity contribution >= 4 is 0 Å². The van der Waals surface area contributed by atoms with Gasteiger partial charge in [0.2, 0.25) is 0 Å². The lowest BCUT2D eigenvalue weighted by Gasteiger charge is -2.43. The summed E-state index contributed by atoms with van der Waals surface area (Å²) in [6.45, 7) is 7.45. The Balaban J connectivity index is 2.03. The molecule has 0 amide bonds. The maximum absolute atomic E-state index is 10.6.